The second kappa shape index (κ2) is 8.31. The minimum absolute atomic E-state index is 0.719. The van der Waals surface area contributed by atoms with Gasteiger partial charge in [-0.15, -0.1) is 11.3 Å². The van der Waals surface area contributed by atoms with Crippen molar-refractivity contribution < 1.29 is 4.74 Å². The minimum Gasteiger partial charge on any atom is -0.379 e. The number of thiazole rings is 1. The van der Waals surface area contributed by atoms with Crippen molar-refractivity contribution >= 4 is 17.3 Å². The Morgan fingerprint density at radius 3 is 2.71 bits per heavy atom. The molecule has 1 aromatic heterocycles. The molecule has 0 aromatic carbocycles. The van der Waals surface area contributed by atoms with Gasteiger partial charge in [-0.2, -0.15) is 0 Å². The van der Waals surface area contributed by atoms with Crippen LogP contribution in [0.2, 0.25) is 0 Å². The van der Waals surface area contributed by atoms with Crippen LogP contribution in [0.25, 0.3) is 0 Å². The van der Waals surface area contributed by atoms with E-state index in [0.717, 1.165) is 62.6 Å². The normalized spacial score (nSPS) is 17.0. The predicted molar refractivity (Wildman–Crippen MR) is 87.0 cm³/mol. The van der Waals surface area contributed by atoms with E-state index in [1.165, 1.54) is 4.88 Å². The van der Waals surface area contributed by atoms with Crippen LogP contribution in [-0.2, 0) is 11.3 Å². The van der Waals surface area contributed by atoms with Crippen LogP contribution >= 0.6 is 11.3 Å². The van der Waals surface area contributed by atoms with Crippen LogP contribution in [0.5, 0.6) is 0 Å². The highest BCUT2D eigenvalue weighted by Gasteiger charge is 2.10. The van der Waals surface area contributed by atoms with E-state index in [-0.39, 0.29) is 0 Å². The predicted octanol–water partition coefficient (Wildman–Crippen LogP) is 0.757. The largest absolute Gasteiger partial charge is 0.379 e. The molecule has 2 N–H and O–H groups in total. The zero-order chi connectivity index (χ0) is 15.1. The molecule has 0 radical (unpaired) electrons. The number of aryl methyl sites for hydroxylation is 2. The first-order valence-corrected chi connectivity index (χ1v) is 8.18. The van der Waals surface area contributed by atoms with Crippen LogP contribution < -0.4 is 10.6 Å². The SMILES string of the molecule is CN=C(NCCN1CCOCC1)NCc1nc(C)c(C)s1. The Morgan fingerprint density at radius 2 is 2.10 bits per heavy atom. The Morgan fingerprint density at radius 1 is 1.33 bits per heavy atom. The van der Waals surface area contributed by atoms with Crippen LogP contribution in [-0.4, -0.2) is 62.3 Å². The van der Waals surface area contributed by atoms with Crippen LogP contribution in [0.15, 0.2) is 4.99 Å². The van der Waals surface area contributed by atoms with E-state index in [1.54, 1.807) is 18.4 Å². The average molecular weight is 311 g/mol. The Labute approximate surface area is 130 Å². The number of nitrogens with one attached hydrogen (secondary N) is 2. The van der Waals surface area contributed by atoms with Gasteiger partial charge in [0, 0.05) is 38.1 Å². The van der Waals surface area contributed by atoms with Gasteiger partial charge in [0.15, 0.2) is 5.96 Å². The van der Waals surface area contributed by atoms with Gasteiger partial charge in [-0.25, -0.2) is 4.98 Å². The first kappa shape index (κ1) is 16.2. The lowest BCUT2D eigenvalue weighted by atomic mass is 10.4. The van der Waals surface area contributed by atoms with Crippen molar-refractivity contribution in [2.45, 2.75) is 20.4 Å². The average Bonchev–Trinajstić information content (AvgIpc) is 2.82. The van der Waals surface area contributed by atoms with Gasteiger partial charge in [0.05, 0.1) is 25.5 Å². The molecule has 0 atom stereocenters. The first-order chi connectivity index (χ1) is 10.2. The Hall–Kier alpha value is -1.18. The van der Waals surface area contributed by atoms with Crippen LogP contribution in [0, 0.1) is 13.8 Å². The molecule has 0 aliphatic carbocycles. The summed E-state index contributed by atoms with van der Waals surface area (Å²) in [7, 11) is 1.79. The molecule has 7 heteroatoms. The van der Waals surface area contributed by atoms with E-state index < -0.39 is 0 Å². The van der Waals surface area contributed by atoms with E-state index in [0.29, 0.717) is 0 Å². The van der Waals surface area contributed by atoms with Gasteiger partial charge in [0.1, 0.15) is 5.01 Å². The lowest BCUT2D eigenvalue weighted by Gasteiger charge is -2.26. The number of rotatable bonds is 5. The van der Waals surface area contributed by atoms with Crippen LogP contribution in [0.3, 0.4) is 0 Å². The number of aliphatic imine (C=N–C) groups is 1. The van der Waals surface area contributed by atoms with Crippen molar-refractivity contribution in [3.05, 3.63) is 15.6 Å². The van der Waals surface area contributed by atoms with Gasteiger partial charge in [0.2, 0.25) is 0 Å². The molecule has 0 unspecified atom stereocenters. The summed E-state index contributed by atoms with van der Waals surface area (Å²) in [6.07, 6.45) is 0. The molecule has 2 heterocycles. The highest BCUT2D eigenvalue weighted by molar-refractivity contribution is 7.11. The number of morpholine rings is 1. The third-order valence-corrected chi connectivity index (χ3v) is 4.60. The molecular weight excluding hydrogens is 286 g/mol. The second-order valence-corrected chi connectivity index (χ2v) is 6.34. The molecule has 21 heavy (non-hydrogen) atoms. The molecule has 6 nitrogen and oxygen atoms in total. The molecule has 1 fully saturated rings. The fourth-order valence-electron chi connectivity index (χ4n) is 2.15. The van der Waals surface area contributed by atoms with E-state index in [1.807, 2.05) is 6.92 Å². The smallest absolute Gasteiger partial charge is 0.191 e. The van der Waals surface area contributed by atoms with E-state index in [9.17, 15) is 0 Å². The lowest BCUT2D eigenvalue weighted by molar-refractivity contribution is 0.0389. The maximum absolute atomic E-state index is 5.34. The lowest BCUT2D eigenvalue weighted by Crippen LogP contribution is -2.44. The Balaban J connectivity index is 1.68. The molecule has 1 aliphatic rings. The molecule has 0 saturated carbocycles. The van der Waals surface area contributed by atoms with Crippen molar-refractivity contribution in [3.8, 4) is 0 Å². The van der Waals surface area contributed by atoms with Crippen molar-refractivity contribution in [1.82, 2.24) is 20.5 Å². The van der Waals surface area contributed by atoms with Gasteiger partial charge in [-0.1, -0.05) is 0 Å². The third kappa shape index (κ3) is 5.26. The standard InChI is InChI=1S/C14H25N5OS/c1-11-12(2)21-13(18-11)10-17-14(15-3)16-4-5-19-6-8-20-9-7-19/h4-10H2,1-3H3,(H2,15,16,17). The zero-order valence-corrected chi connectivity index (χ0v) is 13.9. The third-order valence-electron chi connectivity index (χ3n) is 3.53. The number of ether oxygens (including phenoxy) is 1. The van der Waals surface area contributed by atoms with Crippen LogP contribution in [0.4, 0.5) is 0 Å². The van der Waals surface area contributed by atoms with E-state index in [4.69, 9.17) is 4.74 Å². The Kier molecular flexibility index (Phi) is 6.41. The Bertz CT molecular complexity index is 448. The molecule has 0 amide bonds. The topological polar surface area (TPSA) is 61.8 Å². The van der Waals surface area contributed by atoms with Crippen molar-refractivity contribution in [2.75, 3.05) is 46.4 Å². The highest BCUT2D eigenvalue weighted by atomic mass is 32.1. The van der Waals surface area contributed by atoms with E-state index >= 15 is 0 Å². The molecule has 2 rings (SSSR count). The monoisotopic (exact) mass is 311 g/mol. The molecule has 0 spiro atoms. The molecule has 0 bridgehead atoms. The van der Waals surface area contributed by atoms with Gasteiger partial charge >= 0.3 is 0 Å². The number of hydrogen-bond donors (Lipinski definition) is 2. The number of aromatic nitrogens is 1. The molecule has 1 saturated heterocycles. The van der Waals surface area contributed by atoms with Crippen LogP contribution in [0.1, 0.15) is 15.6 Å². The fraction of sp³-hybridized carbons (Fsp3) is 0.714. The molecular formula is C14H25N5OS. The summed E-state index contributed by atoms with van der Waals surface area (Å²) in [5, 5.41) is 7.75. The maximum Gasteiger partial charge on any atom is 0.191 e. The number of hydrogen-bond acceptors (Lipinski definition) is 5. The summed E-state index contributed by atoms with van der Waals surface area (Å²) in [6, 6.07) is 0. The van der Waals surface area contributed by atoms with Gasteiger partial charge in [0.25, 0.3) is 0 Å². The zero-order valence-electron chi connectivity index (χ0n) is 13.1. The summed E-state index contributed by atoms with van der Waals surface area (Å²) in [6.45, 7) is 10.5. The molecule has 118 valence electrons. The summed E-state index contributed by atoms with van der Waals surface area (Å²) in [5.41, 5.74) is 1.12. The minimum atomic E-state index is 0.719. The fourth-order valence-corrected chi connectivity index (χ4v) is 3.03. The molecule has 1 aliphatic heterocycles. The molecule has 1 aromatic rings. The summed E-state index contributed by atoms with van der Waals surface area (Å²) in [4.78, 5) is 12.4. The summed E-state index contributed by atoms with van der Waals surface area (Å²) >= 11 is 1.73. The summed E-state index contributed by atoms with van der Waals surface area (Å²) < 4.78 is 5.34. The summed E-state index contributed by atoms with van der Waals surface area (Å²) in [5.74, 6) is 0.828. The highest BCUT2D eigenvalue weighted by Crippen LogP contribution is 2.15. The number of nitrogens with zero attached hydrogens (tertiary/aromatic N) is 3. The van der Waals surface area contributed by atoms with Gasteiger partial charge < -0.3 is 15.4 Å². The van der Waals surface area contributed by atoms with Crippen molar-refractivity contribution in [1.29, 1.82) is 0 Å². The first-order valence-electron chi connectivity index (χ1n) is 7.36. The van der Waals surface area contributed by atoms with Gasteiger partial charge in [-0.05, 0) is 13.8 Å². The number of guanidine groups is 1. The van der Waals surface area contributed by atoms with Gasteiger partial charge in [-0.3, -0.25) is 9.89 Å². The van der Waals surface area contributed by atoms with Crippen molar-refractivity contribution in [3.63, 3.8) is 0 Å². The quantitative estimate of drug-likeness (QED) is 0.621. The second-order valence-electron chi connectivity index (χ2n) is 5.06. The maximum atomic E-state index is 5.34. The van der Waals surface area contributed by atoms with Crippen molar-refractivity contribution in [2.24, 2.45) is 4.99 Å². The van der Waals surface area contributed by atoms with E-state index in [2.05, 4.69) is 32.4 Å².